The number of carbonyl (C=O) groups excluding carboxylic acids is 1. The number of nitrogens with one attached hydrogen (secondary N) is 1. The van der Waals surface area contributed by atoms with Crippen LogP contribution in [-0.2, 0) is 11.3 Å². The zero-order valence-electron chi connectivity index (χ0n) is 14.7. The van der Waals surface area contributed by atoms with Crippen LogP contribution in [0.4, 0.5) is 4.79 Å². The fourth-order valence-corrected chi connectivity index (χ4v) is 3.41. The Morgan fingerprint density at radius 1 is 1.15 bits per heavy atom. The first-order chi connectivity index (χ1) is 12.4. The molecule has 1 aromatic heterocycles. The summed E-state index contributed by atoms with van der Waals surface area (Å²) in [6.45, 7) is 4.10. The van der Waals surface area contributed by atoms with E-state index < -0.39 is 24.2 Å². The van der Waals surface area contributed by atoms with Crippen molar-refractivity contribution in [1.82, 2.24) is 5.32 Å². The molecule has 0 radical (unpaired) electrons. The van der Waals surface area contributed by atoms with Gasteiger partial charge in [0, 0.05) is 4.88 Å². The molecule has 0 fully saturated rings. The molecule has 0 aliphatic carbocycles. The summed E-state index contributed by atoms with van der Waals surface area (Å²) in [7, 11) is 0. The molecule has 2 rings (SSSR count). The smallest absolute Gasteiger partial charge is 0.407 e. The largest absolute Gasteiger partial charge is 0.477 e. The van der Waals surface area contributed by atoms with Crippen molar-refractivity contribution in [2.24, 2.45) is 5.92 Å². The molecule has 140 valence electrons. The first-order valence-electron chi connectivity index (χ1n) is 8.35. The molecule has 2 unspecified atom stereocenters. The van der Waals surface area contributed by atoms with Crippen molar-refractivity contribution in [1.29, 1.82) is 0 Å². The second-order valence-electron chi connectivity index (χ2n) is 6.39. The number of rotatable bonds is 8. The van der Waals surface area contributed by atoms with Crippen molar-refractivity contribution >= 4 is 23.4 Å². The van der Waals surface area contributed by atoms with Gasteiger partial charge in [0.25, 0.3) is 0 Å². The van der Waals surface area contributed by atoms with E-state index in [4.69, 9.17) is 9.84 Å². The molecule has 0 aliphatic rings. The van der Waals surface area contributed by atoms with Crippen molar-refractivity contribution in [3.63, 3.8) is 0 Å². The van der Waals surface area contributed by atoms with Gasteiger partial charge in [-0.05, 0) is 30.0 Å². The molecular weight excluding hydrogens is 354 g/mol. The van der Waals surface area contributed by atoms with Gasteiger partial charge in [-0.3, -0.25) is 0 Å². The van der Waals surface area contributed by atoms with Crippen LogP contribution in [0.1, 0.15) is 46.5 Å². The predicted octanol–water partition coefficient (Wildman–Crippen LogP) is 3.82. The Balaban J connectivity index is 2.00. The summed E-state index contributed by atoms with van der Waals surface area (Å²) >= 11 is 1.00. The van der Waals surface area contributed by atoms with Crippen LogP contribution in [0.3, 0.4) is 0 Å². The number of ether oxygens (including phenoxy) is 1. The molecule has 0 saturated heterocycles. The number of aromatic carboxylic acids is 1. The molecule has 1 aromatic carbocycles. The normalized spacial score (nSPS) is 13.2. The van der Waals surface area contributed by atoms with Crippen LogP contribution in [0.25, 0.3) is 0 Å². The van der Waals surface area contributed by atoms with E-state index in [1.807, 2.05) is 44.2 Å². The average Bonchev–Trinajstić information content (AvgIpc) is 3.09. The minimum absolute atomic E-state index is 0.138. The SMILES string of the molecule is CC(C)CC(NC(=O)OCc1ccccc1)C(O)c1ccc(C(=O)O)s1. The Labute approximate surface area is 156 Å². The van der Waals surface area contributed by atoms with Crippen LogP contribution in [-0.4, -0.2) is 28.3 Å². The molecule has 1 heterocycles. The number of carboxylic acid groups (broad SMARTS) is 1. The van der Waals surface area contributed by atoms with E-state index >= 15 is 0 Å². The summed E-state index contributed by atoms with van der Waals surface area (Å²) in [6, 6.07) is 11.8. The monoisotopic (exact) mass is 377 g/mol. The molecule has 0 aliphatic heterocycles. The second-order valence-corrected chi connectivity index (χ2v) is 7.51. The number of aliphatic hydroxyl groups excluding tert-OH is 1. The Bertz CT molecular complexity index is 729. The third kappa shape index (κ3) is 5.86. The van der Waals surface area contributed by atoms with Gasteiger partial charge in [0.1, 0.15) is 17.6 Å². The van der Waals surface area contributed by atoms with Crippen molar-refractivity contribution in [3.05, 3.63) is 57.8 Å². The number of hydrogen-bond donors (Lipinski definition) is 3. The number of carboxylic acids is 1. The second kappa shape index (κ2) is 9.35. The van der Waals surface area contributed by atoms with Crippen LogP contribution < -0.4 is 5.32 Å². The lowest BCUT2D eigenvalue weighted by molar-refractivity contribution is 0.0702. The topological polar surface area (TPSA) is 95.9 Å². The molecule has 1 amide bonds. The van der Waals surface area contributed by atoms with E-state index in [1.54, 1.807) is 6.07 Å². The highest BCUT2D eigenvalue weighted by Crippen LogP contribution is 2.28. The van der Waals surface area contributed by atoms with Gasteiger partial charge in [0.2, 0.25) is 0 Å². The minimum atomic E-state index is -1.04. The molecule has 0 bridgehead atoms. The number of hydrogen-bond acceptors (Lipinski definition) is 5. The lowest BCUT2D eigenvalue weighted by atomic mass is 9.98. The summed E-state index contributed by atoms with van der Waals surface area (Å²) in [6.07, 6.45) is -1.09. The van der Waals surface area contributed by atoms with E-state index in [0.717, 1.165) is 16.9 Å². The van der Waals surface area contributed by atoms with Crippen molar-refractivity contribution in [3.8, 4) is 0 Å². The molecular formula is C19H23NO5S. The van der Waals surface area contributed by atoms with E-state index in [-0.39, 0.29) is 17.4 Å². The third-order valence-corrected chi connectivity index (χ3v) is 4.90. The summed E-state index contributed by atoms with van der Waals surface area (Å²) < 4.78 is 5.22. The fraction of sp³-hybridized carbons (Fsp3) is 0.368. The van der Waals surface area contributed by atoms with Gasteiger partial charge in [-0.2, -0.15) is 0 Å². The summed E-state index contributed by atoms with van der Waals surface area (Å²) in [5.41, 5.74) is 0.868. The van der Waals surface area contributed by atoms with E-state index in [9.17, 15) is 14.7 Å². The highest BCUT2D eigenvalue weighted by molar-refractivity contribution is 7.14. The van der Waals surface area contributed by atoms with Gasteiger partial charge in [-0.1, -0.05) is 44.2 Å². The Kier molecular flexibility index (Phi) is 7.17. The Morgan fingerprint density at radius 3 is 2.42 bits per heavy atom. The number of aliphatic hydroxyl groups is 1. The maximum atomic E-state index is 12.1. The van der Waals surface area contributed by atoms with E-state index in [1.165, 1.54) is 6.07 Å². The van der Waals surface area contributed by atoms with Gasteiger partial charge >= 0.3 is 12.1 Å². The van der Waals surface area contributed by atoms with E-state index in [0.29, 0.717) is 11.3 Å². The van der Waals surface area contributed by atoms with Gasteiger partial charge < -0.3 is 20.3 Å². The molecule has 7 heteroatoms. The van der Waals surface area contributed by atoms with Crippen LogP contribution in [0.15, 0.2) is 42.5 Å². The lowest BCUT2D eigenvalue weighted by Crippen LogP contribution is -2.40. The zero-order valence-corrected chi connectivity index (χ0v) is 15.5. The highest BCUT2D eigenvalue weighted by atomic mass is 32.1. The van der Waals surface area contributed by atoms with Gasteiger partial charge in [0.15, 0.2) is 0 Å². The number of carbonyl (C=O) groups is 2. The number of thiophene rings is 1. The summed E-state index contributed by atoms with van der Waals surface area (Å²) in [5.74, 6) is -0.813. The Hall–Kier alpha value is -2.38. The van der Waals surface area contributed by atoms with Crippen LogP contribution in [0, 0.1) is 5.92 Å². The van der Waals surface area contributed by atoms with Crippen LogP contribution in [0.5, 0.6) is 0 Å². The van der Waals surface area contributed by atoms with Gasteiger partial charge in [-0.15, -0.1) is 11.3 Å². The zero-order chi connectivity index (χ0) is 19.1. The standard InChI is InChI=1S/C19H23NO5S/c1-12(2)10-14(17(21)15-8-9-16(26-15)18(22)23)20-19(24)25-11-13-6-4-3-5-7-13/h3-9,12,14,17,21H,10-11H2,1-2H3,(H,20,24)(H,22,23). The molecule has 3 N–H and O–H groups in total. The number of benzene rings is 1. The lowest BCUT2D eigenvalue weighted by Gasteiger charge is -2.24. The maximum Gasteiger partial charge on any atom is 0.407 e. The third-order valence-electron chi connectivity index (χ3n) is 3.75. The minimum Gasteiger partial charge on any atom is -0.477 e. The van der Waals surface area contributed by atoms with Crippen molar-refractivity contribution in [2.75, 3.05) is 0 Å². The van der Waals surface area contributed by atoms with Gasteiger partial charge in [0.05, 0.1) is 6.04 Å². The first kappa shape index (κ1) is 19.9. The summed E-state index contributed by atoms with van der Waals surface area (Å²) in [4.78, 5) is 23.8. The van der Waals surface area contributed by atoms with Crippen molar-refractivity contribution < 1.29 is 24.5 Å². The quantitative estimate of drug-likeness (QED) is 0.650. The summed E-state index contributed by atoms with van der Waals surface area (Å²) in [5, 5.41) is 22.3. The molecule has 0 saturated carbocycles. The van der Waals surface area contributed by atoms with Gasteiger partial charge in [-0.25, -0.2) is 9.59 Å². The molecule has 2 atom stereocenters. The molecule has 26 heavy (non-hydrogen) atoms. The molecule has 6 nitrogen and oxygen atoms in total. The molecule has 0 spiro atoms. The molecule has 2 aromatic rings. The maximum absolute atomic E-state index is 12.1. The predicted molar refractivity (Wildman–Crippen MR) is 99.2 cm³/mol. The number of alkyl carbamates (subject to hydrolysis) is 1. The number of amides is 1. The Morgan fingerprint density at radius 2 is 1.85 bits per heavy atom. The highest BCUT2D eigenvalue weighted by Gasteiger charge is 2.26. The van der Waals surface area contributed by atoms with Crippen LogP contribution in [0.2, 0.25) is 0 Å². The van der Waals surface area contributed by atoms with Crippen LogP contribution >= 0.6 is 11.3 Å². The first-order valence-corrected chi connectivity index (χ1v) is 9.16. The van der Waals surface area contributed by atoms with Crippen molar-refractivity contribution in [2.45, 2.75) is 39.0 Å². The average molecular weight is 377 g/mol. The van der Waals surface area contributed by atoms with E-state index in [2.05, 4.69) is 5.32 Å². The fourth-order valence-electron chi connectivity index (χ4n) is 2.52.